The van der Waals surface area contributed by atoms with E-state index < -0.39 is 0 Å². The molecule has 0 aliphatic carbocycles. The first kappa shape index (κ1) is 15.4. The summed E-state index contributed by atoms with van der Waals surface area (Å²) in [6.07, 6.45) is 0.737. The van der Waals surface area contributed by atoms with Gasteiger partial charge >= 0.3 is 0 Å². The first-order valence-electron chi connectivity index (χ1n) is 6.04. The molecule has 0 spiro atoms. The van der Waals surface area contributed by atoms with Crippen molar-refractivity contribution in [2.75, 3.05) is 6.54 Å². The van der Waals surface area contributed by atoms with Crippen LogP contribution in [0.2, 0.25) is 10.0 Å². The van der Waals surface area contributed by atoms with Gasteiger partial charge in [-0.2, -0.15) is 0 Å². The van der Waals surface area contributed by atoms with Crippen molar-refractivity contribution < 1.29 is 4.79 Å². The SMILES string of the molecule is O=C(NCCc1cccc(Cl)c1)c1ccc(Cl)c(Br)c1. The zero-order valence-corrected chi connectivity index (χ0v) is 13.6. The number of carbonyl (C=O) groups is 1. The van der Waals surface area contributed by atoms with Gasteiger partial charge in [-0.1, -0.05) is 35.3 Å². The van der Waals surface area contributed by atoms with E-state index in [4.69, 9.17) is 23.2 Å². The first-order valence-corrected chi connectivity index (χ1v) is 7.59. The molecule has 1 amide bonds. The minimum Gasteiger partial charge on any atom is -0.352 e. The molecule has 0 radical (unpaired) electrons. The van der Waals surface area contributed by atoms with Gasteiger partial charge in [-0.05, 0) is 58.2 Å². The van der Waals surface area contributed by atoms with Crippen LogP contribution in [-0.2, 0) is 6.42 Å². The van der Waals surface area contributed by atoms with Crippen molar-refractivity contribution in [2.45, 2.75) is 6.42 Å². The van der Waals surface area contributed by atoms with Gasteiger partial charge < -0.3 is 5.32 Å². The zero-order valence-electron chi connectivity index (χ0n) is 10.5. The molecule has 0 heterocycles. The van der Waals surface area contributed by atoms with E-state index in [-0.39, 0.29) is 5.91 Å². The van der Waals surface area contributed by atoms with Crippen LogP contribution in [0.25, 0.3) is 0 Å². The van der Waals surface area contributed by atoms with Gasteiger partial charge in [-0.15, -0.1) is 0 Å². The second-order valence-electron chi connectivity index (χ2n) is 4.26. The number of carbonyl (C=O) groups excluding carboxylic acids is 1. The van der Waals surface area contributed by atoms with E-state index in [0.29, 0.717) is 26.6 Å². The van der Waals surface area contributed by atoms with Crippen molar-refractivity contribution in [3.8, 4) is 0 Å². The Morgan fingerprint density at radius 3 is 2.65 bits per heavy atom. The van der Waals surface area contributed by atoms with Gasteiger partial charge in [0, 0.05) is 21.6 Å². The molecule has 20 heavy (non-hydrogen) atoms. The van der Waals surface area contributed by atoms with E-state index in [9.17, 15) is 4.79 Å². The molecule has 0 fully saturated rings. The minimum absolute atomic E-state index is 0.121. The quantitative estimate of drug-likeness (QED) is 0.825. The van der Waals surface area contributed by atoms with Gasteiger partial charge in [0.1, 0.15) is 0 Å². The van der Waals surface area contributed by atoms with Crippen LogP contribution in [0.1, 0.15) is 15.9 Å². The fourth-order valence-corrected chi connectivity index (χ4v) is 2.46. The summed E-state index contributed by atoms with van der Waals surface area (Å²) >= 11 is 15.1. The third-order valence-corrected chi connectivity index (χ3v) is 4.22. The summed E-state index contributed by atoms with van der Waals surface area (Å²) in [7, 11) is 0. The number of halogens is 3. The Morgan fingerprint density at radius 1 is 1.15 bits per heavy atom. The van der Waals surface area contributed by atoms with Crippen LogP contribution >= 0.6 is 39.1 Å². The fourth-order valence-electron chi connectivity index (χ4n) is 1.75. The van der Waals surface area contributed by atoms with E-state index in [0.717, 1.165) is 12.0 Å². The third-order valence-electron chi connectivity index (χ3n) is 2.77. The van der Waals surface area contributed by atoms with E-state index in [1.807, 2.05) is 24.3 Å². The Kier molecular flexibility index (Phi) is 5.46. The Morgan fingerprint density at radius 2 is 1.95 bits per heavy atom. The lowest BCUT2D eigenvalue weighted by atomic mass is 10.1. The molecule has 0 aliphatic rings. The second kappa shape index (κ2) is 7.11. The van der Waals surface area contributed by atoms with E-state index in [1.54, 1.807) is 18.2 Å². The van der Waals surface area contributed by atoms with Crippen LogP contribution in [0, 0.1) is 0 Å². The van der Waals surface area contributed by atoms with Crippen LogP contribution < -0.4 is 5.32 Å². The van der Waals surface area contributed by atoms with E-state index in [2.05, 4.69) is 21.2 Å². The molecular weight excluding hydrogens is 361 g/mol. The van der Waals surface area contributed by atoms with Gasteiger partial charge in [0.2, 0.25) is 0 Å². The molecule has 0 atom stereocenters. The number of nitrogens with one attached hydrogen (secondary N) is 1. The van der Waals surface area contributed by atoms with Crippen LogP contribution in [0.4, 0.5) is 0 Å². The largest absolute Gasteiger partial charge is 0.352 e. The van der Waals surface area contributed by atoms with Gasteiger partial charge in [0.15, 0.2) is 0 Å². The summed E-state index contributed by atoms with van der Waals surface area (Å²) in [5.74, 6) is -0.121. The van der Waals surface area contributed by atoms with Gasteiger partial charge in [0.25, 0.3) is 5.91 Å². The van der Waals surface area contributed by atoms with E-state index >= 15 is 0 Å². The molecule has 0 aromatic heterocycles. The summed E-state index contributed by atoms with van der Waals surface area (Å²) in [5.41, 5.74) is 1.67. The monoisotopic (exact) mass is 371 g/mol. The minimum atomic E-state index is -0.121. The molecule has 1 N–H and O–H groups in total. The lowest BCUT2D eigenvalue weighted by Gasteiger charge is -2.06. The second-order valence-corrected chi connectivity index (χ2v) is 5.96. The average molecular weight is 373 g/mol. The highest BCUT2D eigenvalue weighted by Crippen LogP contribution is 2.23. The molecule has 0 saturated carbocycles. The van der Waals surface area contributed by atoms with Crippen molar-refractivity contribution in [1.29, 1.82) is 0 Å². The van der Waals surface area contributed by atoms with Gasteiger partial charge in [-0.25, -0.2) is 0 Å². The maximum Gasteiger partial charge on any atom is 0.251 e. The highest BCUT2D eigenvalue weighted by Gasteiger charge is 2.07. The molecule has 2 aromatic carbocycles. The summed E-state index contributed by atoms with van der Waals surface area (Å²) in [6.45, 7) is 0.555. The predicted octanol–water partition coefficient (Wildman–Crippen LogP) is 4.73. The fraction of sp³-hybridized carbons (Fsp3) is 0.133. The maximum atomic E-state index is 12.0. The Balaban J connectivity index is 1.90. The number of hydrogen-bond donors (Lipinski definition) is 1. The standard InChI is InChI=1S/C15H12BrCl2NO/c16-13-9-11(4-5-14(13)18)15(20)19-7-6-10-2-1-3-12(17)8-10/h1-5,8-9H,6-7H2,(H,19,20). The summed E-state index contributed by atoms with van der Waals surface area (Å²) in [5, 5.41) is 4.16. The van der Waals surface area contributed by atoms with Crippen LogP contribution in [-0.4, -0.2) is 12.5 Å². The van der Waals surface area contributed by atoms with Crippen LogP contribution in [0.3, 0.4) is 0 Å². The van der Waals surface area contributed by atoms with Crippen molar-refractivity contribution in [3.05, 3.63) is 68.1 Å². The zero-order chi connectivity index (χ0) is 14.5. The lowest BCUT2D eigenvalue weighted by Crippen LogP contribution is -2.25. The highest BCUT2D eigenvalue weighted by atomic mass is 79.9. The number of benzene rings is 2. The van der Waals surface area contributed by atoms with Crippen molar-refractivity contribution in [3.63, 3.8) is 0 Å². The first-order chi connectivity index (χ1) is 9.56. The molecule has 0 saturated heterocycles. The van der Waals surface area contributed by atoms with Gasteiger partial charge in [0.05, 0.1) is 5.02 Å². The molecule has 0 unspecified atom stereocenters. The molecule has 5 heteroatoms. The number of rotatable bonds is 4. The molecular formula is C15H12BrCl2NO. The summed E-state index contributed by atoms with van der Waals surface area (Å²) in [6, 6.07) is 12.7. The molecule has 2 aromatic rings. The molecule has 0 bridgehead atoms. The van der Waals surface area contributed by atoms with E-state index in [1.165, 1.54) is 0 Å². The van der Waals surface area contributed by atoms with Crippen molar-refractivity contribution in [2.24, 2.45) is 0 Å². The Bertz CT molecular complexity index is 631. The highest BCUT2D eigenvalue weighted by molar-refractivity contribution is 9.10. The molecule has 2 rings (SSSR count). The third kappa shape index (κ3) is 4.23. The predicted molar refractivity (Wildman–Crippen MR) is 86.6 cm³/mol. The van der Waals surface area contributed by atoms with Crippen LogP contribution in [0.5, 0.6) is 0 Å². The van der Waals surface area contributed by atoms with Gasteiger partial charge in [-0.3, -0.25) is 4.79 Å². The molecule has 2 nitrogen and oxygen atoms in total. The lowest BCUT2D eigenvalue weighted by molar-refractivity contribution is 0.0954. The number of amides is 1. The summed E-state index contributed by atoms with van der Waals surface area (Å²) < 4.78 is 0.710. The molecule has 104 valence electrons. The maximum absolute atomic E-state index is 12.0. The Hall–Kier alpha value is -1.03. The molecule has 0 aliphatic heterocycles. The topological polar surface area (TPSA) is 29.1 Å². The average Bonchev–Trinajstić information content (AvgIpc) is 2.42. The number of hydrogen-bond acceptors (Lipinski definition) is 1. The summed E-state index contributed by atoms with van der Waals surface area (Å²) in [4.78, 5) is 12.0. The Labute approximate surface area is 136 Å². The van der Waals surface area contributed by atoms with Crippen LogP contribution in [0.15, 0.2) is 46.9 Å². The smallest absolute Gasteiger partial charge is 0.251 e. The van der Waals surface area contributed by atoms with Crippen molar-refractivity contribution in [1.82, 2.24) is 5.32 Å². The van der Waals surface area contributed by atoms with Crippen molar-refractivity contribution >= 4 is 45.0 Å². The normalized spacial score (nSPS) is 10.3.